The van der Waals surface area contributed by atoms with Gasteiger partial charge < -0.3 is 15.5 Å². The molecule has 1 unspecified atom stereocenters. The molecule has 1 aliphatic heterocycles. The smallest absolute Gasteiger partial charge is 0.319 e. The van der Waals surface area contributed by atoms with Crippen molar-refractivity contribution in [2.75, 3.05) is 27.2 Å². The molecule has 14 heavy (non-hydrogen) atoms. The zero-order chi connectivity index (χ0) is 10.9. The van der Waals surface area contributed by atoms with E-state index in [1.54, 1.807) is 25.9 Å². The molecule has 1 fully saturated rings. The van der Waals surface area contributed by atoms with Gasteiger partial charge in [0.25, 0.3) is 0 Å². The van der Waals surface area contributed by atoms with E-state index in [9.17, 15) is 9.59 Å². The van der Waals surface area contributed by atoms with Crippen LogP contribution in [0.1, 0.15) is 13.3 Å². The van der Waals surface area contributed by atoms with E-state index in [1.165, 1.54) is 4.90 Å². The Morgan fingerprint density at radius 2 is 2.00 bits per heavy atom. The molecule has 0 saturated carbocycles. The van der Waals surface area contributed by atoms with Crippen LogP contribution in [0.4, 0.5) is 4.79 Å². The average Bonchev–Trinajstić information content (AvgIpc) is 2.48. The van der Waals surface area contributed by atoms with Crippen LogP contribution in [0.2, 0.25) is 0 Å². The number of primary amides is 1. The molecular weight excluding hydrogens is 182 g/mol. The van der Waals surface area contributed by atoms with Crippen molar-refractivity contribution < 1.29 is 9.59 Å². The van der Waals surface area contributed by atoms with Crippen molar-refractivity contribution in [2.45, 2.75) is 13.3 Å². The van der Waals surface area contributed by atoms with Gasteiger partial charge in [0.1, 0.15) is 0 Å². The molecule has 0 aromatic rings. The number of hydrogen-bond acceptors (Lipinski definition) is 2. The van der Waals surface area contributed by atoms with E-state index in [-0.39, 0.29) is 11.9 Å². The summed E-state index contributed by atoms with van der Waals surface area (Å²) in [5.74, 6) is -0.327. The molecular formula is C9H17N3O2. The number of hydrogen-bond donors (Lipinski definition) is 1. The number of likely N-dealkylation sites (tertiary alicyclic amines) is 1. The maximum atomic E-state index is 11.6. The summed E-state index contributed by atoms with van der Waals surface area (Å²) in [7, 11) is 3.39. The minimum atomic E-state index is -0.550. The van der Waals surface area contributed by atoms with Gasteiger partial charge in [-0.1, -0.05) is 0 Å². The van der Waals surface area contributed by atoms with Gasteiger partial charge in [-0.2, -0.15) is 0 Å². The number of urea groups is 1. The Labute approximate surface area is 83.8 Å². The highest BCUT2D eigenvalue weighted by Gasteiger charge is 2.40. The minimum absolute atomic E-state index is 0.0602. The molecule has 1 heterocycles. The van der Waals surface area contributed by atoms with Crippen molar-refractivity contribution in [1.82, 2.24) is 9.80 Å². The fraction of sp³-hybridized carbons (Fsp3) is 0.778. The van der Waals surface area contributed by atoms with Crippen molar-refractivity contribution >= 4 is 11.9 Å². The highest BCUT2D eigenvalue weighted by Crippen LogP contribution is 2.29. The lowest BCUT2D eigenvalue weighted by Crippen LogP contribution is -2.42. The Kier molecular flexibility index (Phi) is 2.69. The molecule has 1 atom stereocenters. The van der Waals surface area contributed by atoms with Crippen LogP contribution in [0.5, 0.6) is 0 Å². The summed E-state index contributed by atoms with van der Waals surface area (Å²) >= 11 is 0. The fourth-order valence-corrected chi connectivity index (χ4v) is 1.61. The lowest BCUT2D eigenvalue weighted by Gasteiger charge is -2.23. The van der Waals surface area contributed by atoms with Crippen molar-refractivity contribution in [3.8, 4) is 0 Å². The molecule has 0 radical (unpaired) electrons. The third-order valence-corrected chi connectivity index (χ3v) is 2.72. The lowest BCUT2D eigenvalue weighted by atomic mass is 9.89. The molecule has 0 aliphatic carbocycles. The Morgan fingerprint density at radius 3 is 2.36 bits per heavy atom. The summed E-state index contributed by atoms with van der Waals surface area (Å²) in [5, 5.41) is 0. The number of amides is 3. The fourth-order valence-electron chi connectivity index (χ4n) is 1.61. The molecule has 2 N–H and O–H groups in total. The zero-order valence-corrected chi connectivity index (χ0v) is 8.91. The minimum Gasteiger partial charge on any atom is -0.369 e. The molecule has 0 spiro atoms. The summed E-state index contributed by atoms with van der Waals surface area (Å²) in [6.45, 7) is 2.84. The zero-order valence-electron chi connectivity index (χ0n) is 8.91. The maximum absolute atomic E-state index is 11.6. The maximum Gasteiger partial charge on any atom is 0.319 e. The predicted molar refractivity (Wildman–Crippen MR) is 52.6 cm³/mol. The van der Waals surface area contributed by atoms with E-state index in [0.29, 0.717) is 19.5 Å². The first-order valence-electron chi connectivity index (χ1n) is 4.63. The summed E-state index contributed by atoms with van der Waals surface area (Å²) in [6.07, 6.45) is 0.655. The van der Waals surface area contributed by atoms with Crippen molar-refractivity contribution in [2.24, 2.45) is 11.1 Å². The van der Waals surface area contributed by atoms with Gasteiger partial charge in [-0.05, 0) is 13.3 Å². The largest absolute Gasteiger partial charge is 0.369 e. The van der Waals surface area contributed by atoms with Crippen molar-refractivity contribution in [1.29, 1.82) is 0 Å². The number of rotatable bonds is 1. The second-order valence-electron chi connectivity index (χ2n) is 4.27. The standard InChI is InChI=1S/C9H17N3O2/c1-9(7(10)13)4-5-12(6-9)8(14)11(2)3/h4-6H2,1-3H3,(H2,10,13). The SMILES string of the molecule is CN(C)C(=O)N1CCC(C)(C(N)=O)C1. The second-order valence-corrected chi connectivity index (χ2v) is 4.27. The van der Waals surface area contributed by atoms with Crippen LogP contribution in [0.3, 0.4) is 0 Å². The number of carbonyl (C=O) groups is 2. The van der Waals surface area contributed by atoms with E-state index < -0.39 is 5.41 Å². The molecule has 1 saturated heterocycles. The molecule has 1 aliphatic rings. The highest BCUT2D eigenvalue weighted by molar-refractivity contribution is 5.83. The van der Waals surface area contributed by atoms with Crippen LogP contribution in [0.15, 0.2) is 0 Å². The number of nitrogens with zero attached hydrogens (tertiary/aromatic N) is 2. The van der Waals surface area contributed by atoms with E-state index in [4.69, 9.17) is 5.73 Å². The van der Waals surface area contributed by atoms with Crippen LogP contribution in [0, 0.1) is 5.41 Å². The Bertz CT molecular complexity index is 265. The topological polar surface area (TPSA) is 66.6 Å². The normalized spacial score (nSPS) is 26.4. The molecule has 0 bridgehead atoms. The quantitative estimate of drug-likeness (QED) is 0.639. The molecule has 5 heteroatoms. The first-order valence-corrected chi connectivity index (χ1v) is 4.63. The van der Waals surface area contributed by atoms with Gasteiger partial charge in [0.2, 0.25) is 5.91 Å². The molecule has 0 aromatic carbocycles. The highest BCUT2D eigenvalue weighted by atomic mass is 16.2. The van der Waals surface area contributed by atoms with E-state index in [0.717, 1.165) is 0 Å². The number of nitrogens with two attached hydrogens (primary N) is 1. The Balaban J connectivity index is 2.66. The van der Waals surface area contributed by atoms with Crippen LogP contribution >= 0.6 is 0 Å². The molecule has 5 nitrogen and oxygen atoms in total. The number of carbonyl (C=O) groups excluding carboxylic acids is 2. The molecule has 80 valence electrons. The summed E-state index contributed by atoms with van der Waals surface area (Å²) in [6, 6.07) is -0.0602. The van der Waals surface area contributed by atoms with Crippen molar-refractivity contribution in [3.05, 3.63) is 0 Å². The van der Waals surface area contributed by atoms with Crippen LogP contribution in [-0.2, 0) is 4.79 Å². The van der Waals surface area contributed by atoms with Gasteiger partial charge >= 0.3 is 6.03 Å². The van der Waals surface area contributed by atoms with Crippen LogP contribution < -0.4 is 5.73 Å². The third-order valence-electron chi connectivity index (χ3n) is 2.72. The van der Waals surface area contributed by atoms with E-state index >= 15 is 0 Å². The van der Waals surface area contributed by atoms with Gasteiger partial charge in [0, 0.05) is 27.2 Å². The third kappa shape index (κ3) is 1.81. The summed E-state index contributed by atoms with van der Waals surface area (Å²) < 4.78 is 0. The molecule has 0 aromatic heterocycles. The average molecular weight is 199 g/mol. The van der Waals surface area contributed by atoms with E-state index in [1.807, 2.05) is 0 Å². The Morgan fingerprint density at radius 1 is 1.43 bits per heavy atom. The molecule has 1 rings (SSSR count). The first kappa shape index (κ1) is 10.8. The van der Waals surface area contributed by atoms with Gasteiger partial charge in [-0.3, -0.25) is 4.79 Å². The first-order chi connectivity index (χ1) is 6.37. The van der Waals surface area contributed by atoms with Gasteiger partial charge in [0.15, 0.2) is 0 Å². The molecule has 3 amide bonds. The second kappa shape index (κ2) is 3.48. The monoisotopic (exact) mass is 199 g/mol. The van der Waals surface area contributed by atoms with E-state index in [2.05, 4.69) is 0 Å². The summed E-state index contributed by atoms with van der Waals surface area (Å²) in [4.78, 5) is 25.9. The Hall–Kier alpha value is -1.26. The van der Waals surface area contributed by atoms with Gasteiger partial charge in [-0.25, -0.2) is 4.79 Å². The summed E-state index contributed by atoms with van der Waals surface area (Å²) in [5.41, 5.74) is 4.73. The van der Waals surface area contributed by atoms with Gasteiger partial charge in [-0.15, -0.1) is 0 Å². The van der Waals surface area contributed by atoms with Crippen LogP contribution in [0.25, 0.3) is 0 Å². The van der Waals surface area contributed by atoms with Gasteiger partial charge in [0.05, 0.1) is 5.41 Å². The van der Waals surface area contributed by atoms with Crippen molar-refractivity contribution in [3.63, 3.8) is 0 Å². The van der Waals surface area contributed by atoms with Crippen LogP contribution in [-0.4, -0.2) is 48.9 Å². The lowest BCUT2D eigenvalue weighted by molar-refractivity contribution is -0.126. The predicted octanol–water partition coefficient (Wildman–Crippen LogP) is -0.135.